The summed E-state index contributed by atoms with van der Waals surface area (Å²) in [6, 6.07) is 5.51. The molecule has 1 aromatic carbocycles. The minimum atomic E-state index is -0.520. The van der Waals surface area contributed by atoms with Gasteiger partial charge in [-0.15, -0.1) is 0 Å². The van der Waals surface area contributed by atoms with Crippen molar-refractivity contribution in [3.05, 3.63) is 73.9 Å². The number of hydrogen-bond donors (Lipinski definition) is 1. The fourth-order valence-corrected chi connectivity index (χ4v) is 3.07. The monoisotopic (exact) mass is 417 g/mol. The zero-order valence-corrected chi connectivity index (χ0v) is 16.9. The summed E-state index contributed by atoms with van der Waals surface area (Å²) in [4.78, 5) is 24.9. The molecule has 0 aliphatic carbocycles. The number of nitrogens with one attached hydrogen (secondary N) is 1. The third kappa shape index (κ3) is 4.44. The number of hydrogen-bond acceptors (Lipinski definition) is 7. The number of benzene rings is 1. The molecule has 0 saturated heterocycles. The average molecular weight is 418 g/mol. The zero-order valence-electron chi connectivity index (χ0n) is 16.1. The second-order valence-electron chi connectivity index (χ2n) is 6.67. The molecule has 2 heterocycles. The van der Waals surface area contributed by atoms with Crippen LogP contribution in [0, 0.1) is 10.1 Å². The van der Waals surface area contributed by atoms with Crippen LogP contribution in [0.15, 0.2) is 47.7 Å². The summed E-state index contributed by atoms with van der Waals surface area (Å²) < 4.78 is 2.83. The summed E-state index contributed by atoms with van der Waals surface area (Å²) in [6.07, 6.45) is 5.18. The van der Waals surface area contributed by atoms with Crippen LogP contribution in [0.5, 0.6) is 0 Å². The lowest BCUT2D eigenvalue weighted by Crippen LogP contribution is -2.28. The van der Waals surface area contributed by atoms with Gasteiger partial charge < -0.3 is 10.2 Å². The van der Waals surface area contributed by atoms with E-state index in [2.05, 4.69) is 15.5 Å². The molecule has 152 valence electrons. The predicted molar refractivity (Wildman–Crippen MR) is 110 cm³/mol. The number of non-ortho nitro benzene ring substituents is 1. The molecule has 0 fully saturated rings. The molecule has 0 aliphatic rings. The van der Waals surface area contributed by atoms with Gasteiger partial charge in [-0.2, -0.15) is 14.9 Å². The molecule has 11 heteroatoms. The molecule has 3 rings (SSSR count). The number of nitro benzene ring substituents is 1. The topological polar surface area (TPSA) is 111 Å². The third-order valence-electron chi connectivity index (χ3n) is 4.44. The molecule has 0 spiro atoms. The van der Waals surface area contributed by atoms with Gasteiger partial charge in [0.2, 0.25) is 0 Å². The maximum Gasteiger partial charge on any atom is 0.292 e. The van der Waals surface area contributed by atoms with E-state index < -0.39 is 10.5 Å². The number of rotatable bonds is 7. The van der Waals surface area contributed by atoms with Crippen molar-refractivity contribution < 1.29 is 4.92 Å². The number of anilines is 1. The maximum atomic E-state index is 12.6. The Kier molecular flexibility index (Phi) is 5.95. The fourth-order valence-electron chi connectivity index (χ4n) is 2.87. The second-order valence-corrected chi connectivity index (χ2v) is 7.05. The van der Waals surface area contributed by atoms with Gasteiger partial charge >= 0.3 is 0 Å². The highest BCUT2D eigenvalue weighted by atomic mass is 35.5. The summed E-state index contributed by atoms with van der Waals surface area (Å²) in [6.45, 7) is 0.487. The SMILES string of the molecule is CN(C)C(CNc1cnn(-c2ccc([N+](=O)[O-])cc2)c(=O)c1Cl)c1cnn(C)c1. The van der Waals surface area contributed by atoms with Crippen LogP contribution >= 0.6 is 11.6 Å². The van der Waals surface area contributed by atoms with Gasteiger partial charge in [0.1, 0.15) is 5.02 Å². The highest BCUT2D eigenvalue weighted by Gasteiger charge is 2.18. The van der Waals surface area contributed by atoms with Crippen molar-refractivity contribution in [2.75, 3.05) is 26.0 Å². The van der Waals surface area contributed by atoms with E-state index in [1.54, 1.807) is 10.9 Å². The highest BCUT2D eigenvalue weighted by molar-refractivity contribution is 6.32. The zero-order chi connectivity index (χ0) is 21.1. The van der Waals surface area contributed by atoms with Crippen molar-refractivity contribution in [2.24, 2.45) is 7.05 Å². The molecule has 1 N–H and O–H groups in total. The molecule has 29 heavy (non-hydrogen) atoms. The molecular weight excluding hydrogens is 398 g/mol. The average Bonchev–Trinajstić information content (AvgIpc) is 3.11. The van der Waals surface area contributed by atoms with E-state index in [0.717, 1.165) is 10.2 Å². The number of nitrogens with zero attached hydrogens (tertiary/aromatic N) is 6. The van der Waals surface area contributed by atoms with Crippen molar-refractivity contribution in [2.45, 2.75) is 6.04 Å². The molecule has 0 amide bonds. The van der Waals surface area contributed by atoms with E-state index in [9.17, 15) is 14.9 Å². The van der Waals surface area contributed by atoms with Gasteiger partial charge in [0.25, 0.3) is 11.2 Å². The maximum absolute atomic E-state index is 12.6. The summed E-state index contributed by atoms with van der Waals surface area (Å²) in [7, 11) is 5.75. The molecule has 0 aliphatic heterocycles. The lowest BCUT2D eigenvalue weighted by Gasteiger charge is -2.24. The van der Waals surface area contributed by atoms with Crippen LogP contribution in [0.25, 0.3) is 5.69 Å². The Morgan fingerprint density at radius 1 is 1.24 bits per heavy atom. The van der Waals surface area contributed by atoms with Crippen LogP contribution in [0.2, 0.25) is 5.02 Å². The Morgan fingerprint density at radius 3 is 2.48 bits per heavy atom. The number of aryl methyl sites for hydroxylation is 1. The van der Waals surface area contributed by atoms with Crippen LogP contribution < -0.4 is 10.9 Å². The summed E-state index contributed by atoms with van der Waals surface area (Å²) in [5, 5.41) is 22.3. The van der Waals surface area contributed by atoms with E-state index in [4.69, 9.17) is 11.6 Å². The van der Waals surface area contributed by atoms with Crippen molar-refractivity contribution in [1.29, 1.82) is 0 Å². The molecule has 10 nitrogen and oxygen atoms in total. The van der Waals surface area contributed by atoms with Gasteiger partial charge in [0, 0.05) is 37.5 Å². The molecule has 2 aromatic heterocycles. The Bertz CT molecular complexity index is 1080. The van der Waals surface area contributed by atoms with E-state index in [-0.39, 0.29) is 16.8 Å². The number of aromatic nitrogens is 4. The minimum absolute atomic E-state index is 0.0110. The molecule has 1 unspecified atom stereocenters. The third-order valence-corrected chi connectivity index (χ3v) is 4.81. The fraction of sp³-hybridized carbons (Fsp3) is 0.278. The summed E-state index contributed by atoms with van der Waals surface area (Å²) >= 11 is 6.27. The van der Waals surface area contributed by atoms with Gasteiger partial charge in [-0.1, -0.05) is 11.6 Å². The van der Waals surface area contributed by atoms with Crippen molar-refractivity contribution in [1.82, 2.24) is 24.5 Å². The smallest absolute Gasteiger partial charge is 0.292 e. The second kappa shape index (κ2) is 8.41. The van der Waals surface area contributed by atoms with E-state index >= 15 is 0 Å². The molecule has 1 atom stereocenters. The van der Waals surface area contributed by atoms with Crippen LogP contribution in [-0.4, -0.2) is 50.0 Å². The number of nitro groups is 1. The van der Waals surface area contributed by atoms with E-state index in [1.165, 1.54) is 30.5 Å². The van der Waals surface area contributed by atoms with Gasteiger partial charge in [0.15, 0.2) is 0 Å². The highest BCUT2D eigenvalue weighted by Crippen LogP contribution is 2.22. The van der Waals surface area contributed by atoms with Crippen LogP contribution in [0.1, 0.15) is 11.6 Å². The first-order chi connectivity index (χ1) is 13.8. The van der Waals surface area contributed by atoms with Crippen molar-refractivity contribution >= 4 is 23.0 Å². The van der Waals surface area contributed by atoms with E-state index in [0.29, 0.717) is 17.9 Å². The van der Waals surface area contributed by atoms with Crippen LogP contribution in [0.4, 0.5) is 11.4 Å². The normalized spacial score (nSPS) is 12.2. The van der Waals surface area contributed by atoms with Gasteiger partial charge in [0.05, 0.1) is 34.7 Å². The molecule has 0 saturated carbocycles. The van der Waals surface area contributed by atoms with Crippen molar-refractivity contribution in [3.8, 4) is 5.69 Å². The molecular formula is C18H20ClN7O3. The van der Waals surface area contributed by atoms with Crippen LogP contribution in [0.3, 0.4) is 0 Å². The summed E-state index contributed by atoms with van der Waals surface area (Å²) in [5.74, 6) is 0. The lowest BCUT2D eigenvalue weighted by atomic mass is 10.1. The van der Waals surface area contributed by atoms with Crippen LogP contribution in [-0.2, 0) is 7.05 Å². The Labute approximate surface area is 171 Å². The van der Waals surface area contributed by atoms with E-state index in [1.807, 2.05) is 32.2 Å². The van der Waals surface area contributed by atoms with Gasteiger partial charge in [-0.3, -0.25) is 19.6 Å². The Balaban J connectivity index is 1.82. The predicted octanol–water partition coefficient (Wildman–Crippen LogP) is 2.24. The largest absolute Gasteiger partial charge is 0.380 e. The van der Waals surface area contributed by atoms with Crippen molar-refractivity contribution in [3.63, 3.8) is 0 Å². The standard InChI is InChI=1S/C18H20ClN7O3/c1-23(2)16(12-8-21-24(3)11-12)10-20-15-9-22-25(18(27)17(15)19)13-4-6-14(7-5-13)26(28)29/h4-9,11,16,20H,10H2,1-3H3. The lowest BCUT2D eigenvalue weighted by molar-refractivity contribution is -0.384. The number of halogens is 1. The Hall–Kier alpha value is -3.24. The molecule has 3 aromatic rings. The quantitative estimate of drug-likeness (QED) is 0.463. The molecule has 0 radical (unpaired) electrons. The number of likely N-dealkylation sites (N-methyl/N-ethyl adjacent to an activating group) is 1. The minimum Gasteiger partial charge on any atom is -0.380 e. The molecule has 0 bridgehead atoms. The van der Waals surface area contributed by atoms with Gasteiger partial charge in [-0.25, -0.2) is 0 Å². The van der Waals surface area contributed by atoms with Gasteiger partial charge in [-0.05, 0) is 26.2 Å². The Morgan fingerprint density at radius 2 is 1.93 bits per heavy atom. The first-order valence-electron chi connectivity index (χ1n) is 8.69. The first-order valence-corrected chi connectivity index (χ1v) is 9.07. The summed E-state index contributed by atoms with van der Waals surface area (Å²) in [5.41, 5.74) is 1.22. The first kappa shape index (κ1) is 20.5.